The van der Waals surface area contributed by atoms with Gasteiger partial charge in [-0.25, -0.2) is 4.79 Å². The summed E-state index contributed by atoms with van der Waals surface area (Å²) in [6.07, 6.45) is 0. The van der Waals surface area contributed by atoms with E-state index in [1.807, 2.05) is 0 Å². The number of carboxylic acids is 1. The molecule has 0 aliphatic carbocycles. The van der Waals surface area contributed by atoms with Crippen LogP contribution in [0.1, 0.15) is 10.4 Å². The quantitative estimate of drug-likeness (QED) is 0.333. The summed E-state index contributed by atoms with van der Waals surface area (Å²) >= 11 is 0.815. The van der Waals surface area contributed by atoms with Crippen LogP contribution in [-0.4, -0.2) is 53.3 Å². The fraction of sp³-hybridized carbons (Fsp3) is 0.333. The zero-order valence-electron chi connectivity index (χ0n) is 11.3. The van der Waals surface area contributed by atoms with Gasteiger partial charge in [0.05, 0.1) is 24.7 Å². The highest BCUT2D eigenvalue weighted by Gasteiger charge is 2.24. The predicted molar refractivity (Wildman–Crippen MR) is 74.0 cm³/mol. The molecule has 0 heterocycles. The van der Waals surface area contributed by atoms with Crippen LogP contribution in [0.5, 0.6) is 17.2 Å². The van der Waals surface area contributed by atoms with Gasteiger partial charge in [0.2, 0.25) is 5.75 Å². The molecular weight excluding hydrogens is 302 g/mol. The number of hydrogen-bond donors (Lipinski definition) is 4. The smallest absolute Gasteiger partial charge is 0.339 e. The number of rotatable bonds is 6. The van der Waals surface area contributed by atoms with Crippen molar-refractivity contribution in [2.75, 3.05) is 20.0 Å². The second kappa shape index (κ2) is 7.04. The number of carbonyl (C=O) groups excluding carboxylic acids is 1. The summed E-state index contributed by atoms with van der Waals surface area (Å²) < 4.78 is 9.41. The van der Waals surface area contributed by atoms with Crippen molar-refractivity contribution in [1.82, 2.24) is 0 Å². The van der Waals surface area contributed by atoms with Gasteiger partial charge in [0, 0.05) is 5.75 Å². The molecule has 0 unspecified atom stereocenters. The van der Waals surface area contributed by atoms with Gasteiger partial charge in [-0.15, -0.1) is 11.8 Å². The van der Waals surface area contributed by atoms with Crippen molar-refractivity contribution in [2.24, 2.45) is 5.73 Å². The molecular formula is C12H15NO7S. The number of ether oxygens (including phenoxy) is 2. The van der Waals surface area contributed by atoms with Crippen LogP contribution in [0, 0.1) is 0 Å². The molecule has 0 aliphatic heterocycles. The number of carboxylic acid groups (broad SMARTS) is 1. The molecule has 1 atom stereocenters. The van der Waals surface area contributed by atoms with Crippen molar-refractivity contribution in [3.63, 3.8) is 0 Å². The Kier molecular flexibility index (Phi) is 5.68. The SMILES string of the molecule is COC(=O)c1cc(OC)c(O)c(O)c1SC[C@H](N)C(=O)O. The van der Waals surface area contributed by atoms with E-state index in [9.17, 15) is 19.8 Å². The Morgan fingerprint density at radius 3 is 2.43 bits per heavy atom. The molecule has 0 radical (unpaired) electrons. The third-order valence-electron chi connectivity index (χ3n) is 2.54. The van der Waals surface area contributed by atoms with Crippen LogP contribution in [-0.2, 0) is 9.53 Å². The van der Waals surface area contributed by atoms with Crippen molar-refractivity contribution in [1.29, 1.82) is 0 Å². The minimum absolute atomic E-state index is 0.0307. The first kappa shape index (κ1) is 16.9. The topological polar surface area (TPSA) is 139 Å². The predicted octanol–water partition coefficient (Wildman–Crippen LogP) is 0.397. The number of benzene rings is 1. The van der Waals surface area contributed by atoms with E-state index in [1.165, 1.54) is 13.2 Å². The van der Waals surface area contributed by atoms with Gasteiger partial charge >= 0.3 is 11.9 Å². The number of thioether (sulfide) groups is 1. The Bertz CT molecular complexity index is 561. The molecule has 9 heteroatoms. The van der Waals surface area contributed by atoms with Gasteiger partial charge in [-0.1, -0.05) is 0 Å². The lowest BCUT2D eigenvalue weighted by Gasteiger charge is -2.14. The van der Waals surface area contributed by atoms with Crippen molar-refractivity contribution in [3.05, 3.63) is 11.6 Å². The lowest BCUT2D eigenvalue weighted by molar-refractivity contribution is -0.137. The molecule has 1 rings (SSSR count). The fourth-order valence-electron chi connectivity index (χ4n) is 1.42. The van der Waals surface area contributed by atoms with E-state index in [0.717, 1.165) is 18.9 Å². The Hall–Kier alpha value is -2.13. The van der Waals surface area contributed by atoms with E-state index >= 15 is 0 Å². The molecule has 0 saturated heterocycles. The molecule has 0 amide bonds. The summed E-state index contributed by atoms with van der Waals surface area (Å²) in [5.41, 5.74) is 5.30. The molecule has 5 N–H and O–H groups in total. The highest BCUT2D eigenvalue weighted by molar-refractivity contribution is 7.99. The Morgan fingerprint density at radius 2 is 1.95 bits per heavy atom. The third kappa shape index (κ3) is 3.70. The van der Waals surface area contributed by atoms with Gasteiger partial charge in [0.25, 0.3) is 0 Å². The highest BCUT2D eigenvalue weighted by Crippen LogP contribution is 2.45. The zero-order valence-corrected chi connectivity index (χ0v) is 12.1. The van der Waals surface area contributed by atoms with Gasteiger partial charge in [-0.3, -0.25) is 4.79 Å². The maximum atomic E-state index is 11.7. The van der Waals surface area contributed by atoms with Crippen molar-refractivity contribution < 1.29 is 34.4 Å². The summed E-state index contributed by atoms with van der Waals surface area (Å²) in [7, 11) is 2.40. The van der Waals surface area contributed by atoms with Crippen LogP contribution < -0.4 is 10.5 Å². The van der Waals surface area contributed by atoms with Crippen molar-refractivity contribution in [2.45, 2.75) is 10.9 Å². The number of esters is 1. The number of phenolic OH excluding ortho intramolecular Hbond substituents is 2. The average Bonchev–Trinajstić information content (AvgIpc) is 2.47. The third-order valence-corrected chi connectivity index (χ3v) is 3.77. The van der Waals surface area contributed by atoms with Crippen LogP contribution >= 0.6 is 11.8 Å². The summed E-state index contributed by atoms with van der Waals surface area (Å²) in [5.74, 6) is -3.37. The van der Waals surface area contributed by atoms with E-state index < -0.39 is 29.5 Å². The maximum absolute atomic E-state index is 11.7. The van der Waals surface area contributed by atoms with Gasteiger partial charge < -0.3 is 30.5 Å². The van der Waals surface area contributed by atoms with Crippen molar-refractivity contribution in [3.8, 4) is 17.2 Å². The first-order valence-electron chi connectivity index (χ1n) is 5.65. The summed E-state index contributed by atoms with van der Waals surface area (Å²) in [6.45, 7) is 0. The summed E-state index contributed by atoms with van der Waals surface area (Å²) in [6, 6.07) is -0.000619. The summed E-state index contributed by atoms with van der Waals surface area (Å²) in [4.78, 5) is 22.4. The number of aliphatic carboxylic acids is 1. The molecule has 0 saturated carbocycles. The van der Waals surface area contributed by atoms with Crippen LogP contribution in [0.4, 0.5) is 0 Å². The largest absolute Gasteiger partial charge is 0.503 e. The number of phenols is 2. The average molecular weight is 317 g/mol. The monoisotopic (exact) mass is 317 g/mol. The van der Waals surface area contributed by atoms with Gasteiger partial charge in [-0.2, -0.15) is 0 Å². The maximum Gasteiger partial charge on any atom is 0.339 e. The van der Waals surface area contributed by atoms with Gasteiger partial charge in [-0.05, 0) is 6.07 Å². The van der Waals surface area contributed by atoms with Crippen LogP contribution in [0.2, 0.25) is 0 Å². The Labute approximate surface area is 124 Å². The number of aromatic hydroxyl groups is 2. The molecule has 1 aromatic rings. The summed E-state index contributed by atoms with van der Waals surface area (Å²) in [5, 5.41) is 28.4. The van der Waals surface area contributed by atoms with Crippen LogP contribution in [0.15, 0.2) is 11.0 Å². The van der Waals surface area contributed by atoms with E-state index in [-0.39, 0.29) is 22.0 Å². The molecule has 0 fully saturated rings. The van der Waals surface area contributed by atoms with Crippen molar-refractivity contribution >= 4 is 23.7 Å². The normalized spacial score (nSPS) is 11.8. The molecule has 1 aromatic carbocycles. The zero-order chi connectivity index (χ0) is 16.2. The van der Waals surface area contributed by atoms with Gasteiger partial charge in [0.1, 0.15) is 6.04 Å². The Balaban J connectivity index is 3.24. The standard InChI is InChI=1S/C12H15NO7S/c1-19-7-3-5(12(18)20-2)10(9(15)8(7)14)21-4-6(13)11(16)17/h3,6,14-15H,4,13H2,1-2H3,(H,16,17)/t6-/m0/s1. The van der Waals surface area contributed by atoms with E-state index in [2.05, 4.69) is 4.74 Å². The molecule has 8 nitrogen and oxygen atoms in total. The van der Waals surface area contributed by atoms with E-state index in [0.29, 0.717) is 0 Å². The van der Waals surface area contributed by atoms with E-state index in [1.54, 1.807) is 0 Å². The number of nitrogens with two attached hydrogens (primary N) is 1. The Morgan fingerprint density at radius 1 is 1.33 bits per heavy atom. The second-order valence-electron chi connectivity index (χ2n) is 3.90. The molecule has 116 valence electrons. The van der Waals surface area contributed by atoms with E-state index in [4.69, 9.17) is 15.6 Å². The lowest BCUT2D eigenvalue weighted by Crippen LogP contribution is -2.32. The first-order valence-corrected chi connectivity index (χ1v) is 6.64. The first-order chi connectivity index (χ1) is 9.83. The molecule has 21 heavy (non-hydrogen) atoms. The minimum atomic E-state index is -1.22. The second-order valence-corrected chi connectivity index (χ2v) is 4.93. The molecule has 0 bridgehead atoms. The molecule has 0 spiro atoms. The molecule has 0 aliphatic rings. The highest BCUT2D eigenvalue weighted by atomic mass is 32.2. The van der Waals surface area contributed by atoms with Crippen LogP contribution in [0.25, 0.3) is 0 Å². The molecule has 0 aromatic heterocycles. The number of hydrogen-bond acceptors (Lipinski definition) is 8. The lowest BCUT2D eigenvalue weighted by atomic mass is 10.2. The number of methoxy groups -OCH3 is 2. The number of carbonyl (C=O) groups is 2. The fourth-order valence-corrected chi connectivity index (χ4v) is 2.44. The van der Waals surface area contributed by atoms with Gasteiger partial charge in [0.15, 0.2) is 11.5 Å². The van der Waals surface area contributed by atoms with Crippen LogP contribution in [0.3, 0.4) is 0 Å². The minimum Gasteiger partial charge on any atom is -0.503 e.